The van der Waals surface area contributed by atoms with Gasteiger partial charge in [0.25, 0.3) is 0 Å². The van der Waals surface area contributed by atoms with E-state index in [1.165, 1.54) is 0 Å². The first kappa shape index (κ1) is 12.7. The van der Waals surface area contributed by atoms with Gasteiger partial charge in [-0.25, -0.2) is 0 Å². The molecule has 1 rings (SSSR count). The van der Waals surface area contributed by atoms with E-state index in [9.17, 15) is 4.79 Å². The fourth-order valence-electron chi connectivity index (χ4n) is 1.10. The fraction of sp³-hybridized carbons (Fsp3) is 0.500. The van der Waals surface area contributed by atoms with E-state index in [1.54, 1.807) is 18.4 Å². The van der Waals surface area contributed by atoms with E-state index in [2.05, 4.69) is 21.2 Å². The Labute approximate surface area is 102 Å². The van der Waals surface area contributed by atoms with Crippen molar-refractivity contribution in [2.75, 3.05) is 13.7 Å². The van der Waals surface area contributed by atoms with Crippen LogP contribution in [0.1, 0.15) is 17.7 Å². The Bertz CT molecular complexity index is 314. The predicted octanol–water partition coefficient (Wildman–Crippen LogP) is 2.55. The third-order valence-corrected chi connectivity index (χ3v) is 3.53. The Kier molecular flexibility index (Phi) is 5.90. The number of methoxy groups -OCH3 is 1. The maximum absolute atomic E-state index is 11.3. The lowest BCUT2D eigenvalue weighted by molar-refractivity contribution is -0.121. The number of carbonyl (C=O) groups excluding carboxylic acids is 1. The summed E-state index contributed by atoms with van der Waals surface area (Å²) in [5, 5.41) is 4.87. The van der Waals surface area contributed by atoms with Crippen LogP contribution in [0.4, 0.5) is 0 Å². The van der Waals surface area contributed by atoms with E-state index < -0.39 is 0 Å². The Morgan fingerprint density at radius 1 is 1.67 bits per heavy atom. The van der Waals surface area contributed by atoms with Crippen molar-refractivity contribution < 1.29 is 9.53 Å². The topological polar surface area (TPSA) is 38.3 Å². The van der Waals surface area contributed by atoms with Crippen molar-refractivity contribution in [3.05, 3.63) is 20.8 Å². The van der Waals surface area contributed by atoms with Gasteiger partial charge in [-0.15, -0.1) is 11.3 Å². The molecule has 0 saturated carbocycles. The second-order valence-electron chi connectivity index (χ2n) is 3.10. The van der Waals surface area contributed by atoms with Crippen LogP contribution in [0.25, 0.3) is 0 Å². The molecule has 1 amide bonds. The van der Waals surface area contributed by atoms with Crippen molar-refractivity contribution in [3.8, 4) is 0 Å². The Hall–Kier alpha value is -0.390. The summed E-state index contributed by atoms with van der Waals surface area (Å²) in [5.74, 6) is 0.0802. The van der Waals surface area contributed by atoms with Crippen LogP contribution in [0.5, 0.6) is 0 Å². The third-order valence-electron chi connectivity index (χ3n) is 1.83. The molecule has 5 heteroatoms. The second-order valence-corrected chi connectivity index (χ2v) is 5.02. The molecular weight excluding hydrogens is 278 g/mol. The molecule has 1 aromatic heterocycles. The molecule has 0 aromatic carbocycles. The van der Waals surface area contributed by atoms with E-state index in [4.69, 9.17) is 4.74 Å². The van der Waals surface area contributed by atoms with Crippen molar-refractivity contribution in [1.82, 2.24) is 5.32 Å². The van der Waals surface area contributed by atoms with Crippen LogP contribution in [0.15, 0.2) is 15.9 Å². The third kappa shape index (κ3) is 5.30. The van der Waals surface area contributed by atoms with Gasteiger partial charge < -0.3 is 10.1 Å². The van der Waals surface area contributed by atoms with Crippen LogP contribution in [0, 0.1) is 0 Å². The minimum atomic E-state index is 0.0802. The lowest BCUT2D eigenvalue weighted by Gasteiger charge is -2.02. The van der Waals surface area contributed by atoms with Gasteiger partial charge in [-0.3, -0.25) is 4.79 Å². The normalized spacial score (nSPS) is 10.3. The van der Waals surface area contributed by atoms with E-state index >= 15 is 0 Å². The van der Waals surface area contributed by atoms with Crippen molar-refractivity contribution in [2.45, 2.75) is 19.4 Å². The van der Waals surface area contributed by atoms with Gasteiger partial charge in [-0.1, -0.05) is 0 Å². The molecule has 0 radical (unpaired) electrons. The Morgan fingerprint density at radius 3 is 3.07 bits per heavy atom. The highest BCUT2D eigenvalue weighted by Gasteiger charge is 2.02. The average Bonchev–Trinajstić information content (AvgIpc) is 2.62. The van der Waals surface area contributed by atoms with Crippen LogP contribution in [0.3, 0.4) is 0 Å². The molecule has 0 saturated heterocycles. The summed E-state index contributed by atoms with van der Waals surface area (Å²) >= 11 is 5.01. The van der Waals surface area contributed by atoms with Gasteiger partial charge in [0.15, 0.2) is 0 Å². The standard InChI is InChI=1S/C10H14BrNO2S/c1-14-4-2-3-10(13)12-6-9-5-8(11)7-15-9/h5,7H,2-4,6H2,1H3,(H,12,13). The van der Waals surface area contributed by atoms with Crippen LogP contribution >= 0.6 is 27.3 Å². The largest absolute Gasteiger partial charge is 0.385 e. The first-order chi connectivity index (χ1) is 7.22. The number of hydrogen-bond acceptors (Lipinski definition) is 3. The lowest BCUT2D eigenvalue weighted by atomic mass is 10.3. The zero-order chi connectivity index (χ0) is 11.1. The van der Waals surface area contributed by atoms with Crippen molar-refractivity contribution in [1.29, 1.82) is 0 Å². The van der Waals surface area contributed by atoms with Crippen molar-refractivity contribution >= 4 is 33.2 Å². The lowest BCUT2D eigenvalue weighted by Crippen LogP contribution is -2.22. The van der Waals surface area contributed by atoms with E-state index in [0.29, 0.717) is 19.6 Å². The van der Waals surface area contributed by atoms with Crippen LogP contribution < -0.4 is 5.32 Å². The number of thiophene rings is 1. The van der Waals surface area contributed by atoms with Gasteiger partial charge in [-0.2, -0.15) is 0 Å². The Morgan fingerprint density at radius 2 is 2.47 bits per heavy atom. The molecule has 0 aliphatic heterocycles. The van der Waals surface area contributed by atoms with E-state index in [1.807, 2.05) is 11.4 Å². The van der Waals surface area contributed by atoms with Crippen molar-refractivity contribution in [3.63, 3.8) is 0 Å². The average molecular weight is 292 g/mol. The predicted molar refractivity (Wildman–Crippen MR) is 65.0 cm³/mol. The van der Waals surface area contributed by atoms with Gasteiger partial charge in [0, 0.05) is 34.9 Å². The summed E-state index contributed by atoms with van der Waals surface area (Å²) in [4.78, 5) is 12.5. The molecular formula is C10H14BrNO2S. The monoisotopic (exact) mass is 291 g/mol. The smallest absolute Gasteiger partial charge is 0.220 e. The van der Waals surface area contributed by atoms with Crippen LogP contribution in [-0.4, -0.2) is 19.6 Å². The summed E-state index contributed by atoms with van der Waals surface area (Å²) in [6.07, 6.45) is 1.30. The number of nitrogens with one attached hydrogen (secondary N) is 1. The molecule has 0 aliphatic rings. The summed E-state index contributed by atoms with van der Waals surface area (Å²) in [7, 11) is 1.64. The summed E-state index contributed by atoms with van der Waals surface area (Å²) in [6, 6.07) is 2.01. The zero-order valence-corrected chi connectivity index (χ0v) is 11.0. The minimum Gasteiger partial charge on any atom is -0.385 e. The van der Waals surface area contributed by atoms with Gasteiger partial charge >= 0.3 is 0 Å². The van der Waals surface area contributed by atoms with Gasteiger partial charge in [-0.05, 0) is 28.4 Å². The maximum atomic E-state index is 11.3. The van der Waals surface area contributed by atoms with E-state index in [0.717, 1.165) is 15.8 Å². The molecule has 0 aliphatic carbocycles. The molecule has 3 nitrogen and oxygen atoms in total. The molecule has 0 bridgehead atoms. The van der Waals surface area contributed by atoms with Crippen LogP contribution in [-0.2, 0) is 16.1 Å². The maximum Gasteiger partial charge on any atom is 0.220 e. The highest BCUT2D eigenvalue weighted by Crippen LogP contribution is 2.19. The molecule has 84 valence electrons. The first-order valence-corrected chi connectivity index (χ1v) is 6.38. The molecule has 0 unspecified atom stereocenters. The highest BCUT2D eigenvalue weighted by molar-refractivity contribution is 9.10. The molecule has 0 spiro atoms. The molecule has 1 aromatic rings. The van der Waals surface area contributed by atoms with Crippen LogP contribution in [0.2, 0.25) is 0 Å². The molecule has 1 N–H and O–H groups in total. The summed E-state index contributed by atoms with van der Waals surface area (Å²) in [5.41, 5.74) is 0. The highest BCUT2D eigenvalue weighted by atomic mass is 79.9. The second kappa shape index (κ2) is 6.98. The quantitative estimate of drug-likeness (QED) is 0.818. The number of hydrogen-bond donors (Lipinski definition) is 1. The first-order valence-electron chi connectivity index (χ1n) is 4.71. The molecule has 0 fully saturated rings. The van der Waals surface area contributed by atoms with Gasteiger partial charge in [0.2, 0.25) is 5.91 Å². The molecule has 0 atom stereocenters. The number of amides is 1. The number of carbonyl (C=O) groups is 1. The number of rotatable bonds is 6. The van der Waals surface area contributed by atoms with Crippen molar-refractivity contribution in [2.24, 2.45) is 0 Å². The summed E-state index contributed by atoms with van der Waals surface area (Å²) < 4.78 is 5.94. The van der Waals surface area contributed by atoms with E-state index in [-0.39, 0.29) is 5.91 Å². The van der Waals surface area contributed by atoms with Gasteiger partial charge in [0.05, 0.1) is 6.54 Å². The Balaban J connectivity index is 2.16. The fourth-order valence-corrected chi connectivity index (χ4v) is 2.49. The van der Waals surface area contributed by atoms with Gasteiger partial charge in [0.1, 0.15) is 0 Å². The minimum absolute atomic E-state index is 0.0802. The number of halogens is 1. The summed E-state index contributed by atoms with van der Waals surface area (Å²) in [6.45, 7) is 1.25. The molecule has 1 heterocycles. The molecule has 15 heavy (non-hydrogen) atoms. The SMILES string of the molecule is COCCCC(=O)NCc1cc(Br)cs1. The number of ether oxygens (including phenoxy) is 1. The zero-order valence-electron chi connectivity index (χ0n) is 8.59.